The largest absolute Gasteiger partial charge is 0.497 e. The highest BCUT2D eigenvalue weighted by molar-refractivity contribution is 5.28. The van der Waals surface area contributed by atoms with Crippen molar-refractivity contribution >= 4 is 0 Å². The molecule has 0 aromatic heterocycles. The number of hydrogen-bond acceptors (Lipinski definition) is 3. The fourth-order valence-electron chi connectivity index (χ4n) is 1.63. The average molecular weight is 276 g/mol. The van der Waals surface area contributed by atoms with E-state index in [9.17, 15) is 13.2 Å². The van der Waals surface area contributed by atoms with Gasteiger partial charge in [-0.05, 0) is 37.6 Å². The minimum Gasteiger partial charge on any atom is -0.497 e. The lowest BCUT2D eigenvalue weighted by Gasteiger charge is -2.18. The van der Waals surface area contributed by atoms with Gasteiger partial charge < -0.3 is 15.8 Å². The molecular formula is C13H19F3N2O. The van der Waals surface area contributed by atoms with Gasteiger partial charge in [-0.2, -0.15) is 13.2 Å². The second-order valence-corrected chi connectivity index (χ2v) is 4.39. The van der Waals surface area contributed by atoms with Crippen LogP contribution in [0.2, 0.25) is 0 Å². The van der Waals surface area contributed by atoms with Crippen molar-refractivity contribution in [3.05, 3.63) is 29.8 Å². The van der Waals surface area contributed by atoms with Crippen molar-refractivity contribution < 1.29 is 17.9 Å². The van der Waals surface area contributed by atoms with Crippen LogP contribution in [0.5, 0.6) is 5.75 Å². The monoisotopic (exact) mass is 276 g/mol. The minimum absolute atomic E-state index is 0.0358. The molecule has 1 aromatic rings. The Hall–Kier alpha value is -1.27. The number of halogens is 3. The lowest BCUT2D eigenvalue weighted by molar-refractivity contribution is -0.148. The van der Waals surface area contributed by atoms with Gasteiger partial charge in [0.2, 0.25) is 0 Å². The molecule has 1 rings (SSSR count). The van der Waals surface area contributed by atoms with Crippen LogP contribution in [-0.4, -0.2) is 25.9 Å². The third kappa shape index (κ3) is 5.08. The molecule has 0 amide bonds. The highest BCUT2D eigenvalue weighted by atomic mass is 19.4. The number of hydrogen-bond donors (Lipinski definition) is 2. The highest BCUT2D eigenvalue weighted by Gasteiger charge is 2.35. The Morgan fingerprint density at radius 2 is 1.84 bits per heavy atom. The third-order valence-electron chi connectivity index (χ3n) is 2.94. The summed E-state index contributed by atoms with van der Waals surface area (Å²) in [5.74, 6) is 0.745. The van der Waals surface area contributed by atoms with Gasteiger partial charge in [0, 0.05) is 6.04 Å². The smallest absolute Gasteiger partial charge is 0.403 e. The molecule has 0 heterocycles. The van der Waals surface area contributed by atoms with E-state index in [2.05, 4.69) is 5.32 Å². The zero-order valence-electron chi connectivity index (χ0n) is 11.0. The number of benzene rings is 1. The van der Waals surface area contributed by atoms with E-state index in [1.54, 1.807) is 7.11 Å². The Morgan fingerprint density at radius 3 is 2.32 bits per heavy atom. The number of nitrogens with two attached hydrogens (primary N) is 1. The van der Waals surface area contributed by atoms with Crippen LogP contribution >= 0.6 is 0 Å². The summed E-state index contributed by atoms with van der Waals surface area (Å²) in [4.78, 5) is 0. The van der Waals surface area contributed by atoms with E-state index in [0.717, 1.165) is 11.3 Å². The van der Waals surface area contributed by atoms with E-state index >= 15 is 0 Å². The Kier molecular flexibility index (Phi) is 5.62. The van der Waals surface area contributed by atoms with Gasteiger partial charge >= 0.3 is 6.18 Å². The third-order valence-corrected chi connectivity index (χ3v) is 2.94. The molecule has 0 aliphatic heterocycles. The molecule has 0 aliphatic rings. The van der Waals surface area contributed by atoms with Crippen LogP contribution in [0, 0.1) is 0 Å². The van der Waals surface area contributed by atoms with Gasteiger partial charge in [-0.1, -0.05) is 12.1 Å². The molecule has 108 valence electrons. The minimum atomic E-state index is -4.33. The normalized spacial score (nSPS) is 15.1. The van der Waals surface area contributed by atoms with Crippen LogP contribution in [0.1, 0.15) is 24.9 Å². The first kappa shape index (κ1) is 15.8. The van der Waals surface area contributed by atoms with Crippen molar-refractivity contribution in [3.8, 4) is 5.75 Å². The van der Waals surface area contributed by atoms with Crippen LogP contribution in [0.3, 0.4) is 0 Å². The van der Waals surface area contributed by atoms with Gasteiger partial charge in [-0.3, -0.25) is 0 Å². The summed E-state index contributed by atoms with van der Waals surface area (Å²) in [5.41, 5.74) is 6.02. The zero-order chi connectivity index (χ0) is 14.5. The Morgan fingerprint density at radius 1 is 1.26 bits per heavy atom. The highest BCUT2D eigenvalue weighted by Crippen LogP contribution is 2.21. The number of rotatable bonds is 6. The lowest BCUT2D eigenvalue weighted by Crippen LogP contribution is -2.39. The van der Waals surface area contributed by atoms with E-state index < -0.39 is 12.2 Å². The van der Waals surface area contributed by atoms with Gasteiger partial charge in [-0.25, -0.2) is 0 Å². The van der Waals surface area contributed by atoms with Gasteiger partial charge in [0.1, 0.15) is 11.8 Å². The quantitative estimate of drug-likeness (QED) is 0.839. The topological polar surface area (TPSA) is 47.3 Å². The van der Waals surface area contributed by atoms with E-state index in [4.69, 9.17) is 10.5 Å². The molecule has 3 nitrogen and oxygen atoms in total. The molecule has 0 saturated carbocycles. The van der Waals surface area contributed by atoms with Crippen molar-refractivity contribution in [2.75, 3.05) is 13.7 Å². The number of nitrogens with one attached hydrogen (secondary N) is 1. The van der Waals surface area contributed by atoms with Gasteiger partial charge in [0.25, 0.3) is 0 Å². The fraction of sp³-hybridized carbons (Fsp3) is 0.538. The maximum Gasteiger partial charge on any atom is 0.403 e. The second kappa shape index (κ2) is 6.77. The summed E-state index contributed by atoms with van der Waals surface area (Å²) in [6.45, 7) is 2.11. The predicted octanol–water partition coefficient (Wildman–Crippen LogP) is 2.63. The zero-order valence-corrected chi connectivity index (χ0v) is 11.0. The second-order valence-electron chi connectivity index (χ2n) is 4.39. The summed E-state index contributed by atoms with van der Waals surface area (Å²) in [5, 5.41) is 3.02. The van der Waals surface area contributed by atoms with Crippen molar-refractivity contribution in [2.45, 2.75) is 31.6 Å². The van der Waals surface area contributed by atoms with Crippen molar-refractivity contribution in [1.29, 1.82) is 0 Å². The molecular weight excluding hydrogens is 257 g/mol. The van der Waals surface area contributed by atoms with E-state index in [1.165, 1.54) is 0 Å². The lowest BCUT2D eigenvalue weighted by atomic mass is 10.1. The average Bonchev–Trinajstić information content (AvgIpc) is 2.37. The van der Waals surface area contributed by atoms with Gasteiger partial charge in [0.05, 0.1) is 7.11 Å². The summed E-state index contributed by atoms with van der Waals surface area (Å²) < 4.78 is 41.7. The van der Waals surface area contributed by atoms with Crippen molar-refractivity contribution in [1.82, 2.24) is 5.32 Å². The molecule has 0 saturated heterocycles. The molecule has 1 aromatic carbocycles. The molecule has 1 unspecified atom stereocenters. The molecule has 0 bridgehead atoms. The fourth-order valence-corrected chi connectivity index (χ4v) is 1.63. The first-order chi connectivity index (χ1) is 8.84. The van der Waals surface area contributed by atoms with E-state index in [0.29, 0.717) is 0 Å². The predicted molar refractivity (Wildman–Crippen MR) is 68.1 cm³/mol. The molecule has 6 heteroatoms. The number of ether oxygens (including phenoxy) is 1. The van der Waals surface area contributed by atoms with Crippen LogP contribution in [0.25, 0.3) is 0 Å². The van der Waals surface area contributed by atoms with E-state index in [-0.39, 0.29) is 19.0 Å². The summed E-state index contributed by atoms with van der Waals surface area (Å²) in [7, 11) is 1.58. The van der Waals surface area contributed by atoms with Gasteiger partial charge in [0.15, 0.2) is 0 Å². The Balaban J connectivity index is 2.40. The van der Waals surface area contributed by atoms with Gasteiger partial charge in [-0.15, -0.1) is 0 Å². The van der Waals surface area contributed by atoms with Crippen molar-refractivity contribution in [3.63, 3.8) is 0 Å². The standard InChI is InChI=1S/C13H19F3N2O/c1-9(10-3-5-11(19-2)6-4-10)18-8-7-12(17)13(14,15)16/h3-6,9,12,18H,7-8,17H2,1-2H3/t9-,12?/m0/s1. The Labute approximate surface area is 110 Å². The maximum atomic E-state index is 12.2. The SMILES string of the molecule is COc1ccc([C@H](C)NCCC(N)C(F)(F)F)cc1. The summed E-state index contributed by atoms with van der Waals surface area (Å²) >= 11 is 0. The molecule has 0 radical (unpaired) electrons. The molecule has 0 aliphatic carbocycles. The van der Waals surface area contributed by atoms with Crippen LogP contribution in [0.4, 0.5) is 13.2 Å². The maximum absolute atomic E-state index is 12.2. The van der Waals surface area contributed by atoms with E-state index in [1.807, 2.05) is 31.2 Å². The molecule has 0 spiro atoms. The number of methoxy groups -OCH3 is 1. The van der Waals surface area contributed by atoms with Crippen LogP contribution in [0.15, 0.2) is 24.3 Å². The molecule has 3 N–H and O–H groups in total. The molecule has 19 heavy (non-hydrogen) atoms. The molecule has 2 atom stereocenters. The summed E-state index contributed by atoms with van der Waals surface area (Å²) in [6, 6.07) is 5.57. The van der Waals surface area contributed by atoms with Crippen LogP contribution < -0.4 is 15.8 Å². The molecule has 0 fully saturated rings. The first-order valence-corrected chi connectivity index (χ1v) is 6.04. The first-order valence-electron chi connectivity index (χ1n) is 6.04. The van der Waals surface area contributed by atoms with Crippen molar-refractivity contribution in [2.24, 2.45) is 5.73 Å². The van der Waals surface area contributed by atoms with Crippen LogP contribution in [-0.2, 0) is 0 Å². The summed E-state index contributed by atoms with van der Waals surface area (Å²) in [6.07, 6.45) is -4.46. The number of alkyl halides is 3. The Bertz CT molecular complexity index is 378.